The number of fused-ring (bicyclic) bond motifs is 1. The van der Waals surface area contributed by atoms with Gasteiger partial charge in [0.05, 0.1) is 11.7 Å². The van der Waals surface area contributed by atoms with Gasteiger partial charge in [0.25, 0.3) is 5.56 Å². The van der Waals surface area contributed by atoms with Crippen LogP contribution in [-0.2, 0) is 22.7 Å². The highest BCUT2D eigenvalue weighted by Crippen LogP contribution is 2.13. The Bertz CT molecular complexity index is 957. The van der Waals surface area contributed by atoms with E-state index in [1.807, 2.05) is 0 Å². The molecule has 124 valence electrons. The van der Waals surface area contributed by atoms with Crippen molar-refractivity contribution in [1.82, 2.24) is 19.3 Å². The summed E-state index contributed by atoms with van der Waals surface area (Å²) in [6, 6.07) is 3.28. The van der Waals surface area contributed by atoms with E-state index in [1.54, 1.807) is 23.7 Å². The predicted octanol–water partition coefficient (Wildman–Crippen LogP) is 0.169. The molecule has 3 rings (SSSR count). The molecule has 0 atom stereocenters. The fraction of sp³-hybridized carbons (Fsp3) is 0.214. The number of hydrogen-bond acceptors (Lipinski definition) is 6. The average Bonchev–Trinajstić information content (AvgIpc) is 3.17. The van der Waals surface area contributed by atoms with E-state index >= 15 is 0 Å². The minimum absolute atomic E-state index is 0.161. The Hall–Kier alpha value is -3.01. The van der Waals surface area contributed by atoms with Crippen molar-refractivity contribution in [2.75, 3.05) is 5.32 Å². The van der Waals surface area contributed by atoms with Gasteiger partial charge in [-0.15, -0.1) is 11.3 Å². The predicted molar refractivity (Wildman–Crippen MR) is 88.5 cm³/mol. The van der Waals surface area contributed by atoms with Crippen molar-refractivity contribution < 1.29 is 9.59 Å². The zero-order valence-electron chi connectivity index (χ0n) is 12.5. The fourth-order valence-corrected chi connectivity index (χ4v) is 2.84. The summed E-state index contributed by atoms with van der Waals surface area (Å²) in [5, 5.41) is 8.97. The molecule has 9 nitrogen and oxygen atoms in total. The first-order valence-electron chi connectivity index (χ1n) is 7.07. The highest BCUT2D eigenvalue weighted by atomic mass is 32.1. The van der Waals surface area contributed by atoms with Crippen LogP contribution in [0.4, 0.5) is 5.82 Å². The van der Waals surface area contributed by atoms with Gasteiger partial charge in [-0.1, -0.05) is 0 Å². The smallest absolute Gasteiger partial charge is 0.262 e. The number of aryl methyl sites for hydroxylation is 1. The molecule has 0 aliphatic heterocycles. The van der Waals surface area contributed by atoms with Crippen molar-refractivity contribution in [2.45, 2.75) is 19.5 Å². The zero-order chi connectivity index (χ0) is 17.1. The molecule has 0 saturated carbocycles. The van der Waals surface area contributed by atoms with Crippen LogP contribution in [0.3, 0.4) is 0 Å². The first-order valence-corrected chi connectivity index (χ1v) is 7.95. The van der Waals surface area contributed by atoms with Crippen LogP contribution in [0.25, 0.3) is 10.2 Å². The monoisotopic (exact) mass is 346 g/mol. The summed E-state index contributed by atoms with van der Waals surface area (Å²) in [6.07, 6.45) is 3.15. The normalized spacial score (nSPS) is 10.8. The Kier molecular flexibility index (Phi) is 4.38. The number of carbonyl (C=O) groups is 2. The Morgan fingerprint density at radius 1 is 1.33 bits per heavy atom. The van der Waals surface area contributed by atoms with Crippen LogP contribution in [0.5, 0.6) is 0 Å². The molecule has 10 heteroatoms. The molecule has 0 bridgehead atoms. The number of rotatable bonds is 6. The van der Waals surface area contributed by atoms with Crippen LogP contribution in [0.1, 0.15) is 6.42 Å². The van der Waals surface area contributed by atoms with Crippen LogP contribution in [-0.4, -0.2) is 31.1 Å². The van der Waals surface area contributed by atoms with E-state index in [-0.39, 0.29) is 18.5 Å². The molecule has 0 fully saturated rings. The van der Waals surface area contributed by atoms with Crippen molar-refractivity contribution in [3.8, 4) is 0 Å². The van der Waals surface area contributed by atoms with Crippen LogP contribution >= 0.6 is 11.3 Å². The SMILES string of the molecule is NC(=O)CCn1ccc(NC(=O)Cn2cnc3sccc3c2=O)n1. The van der Waals surface area contributed by atoms with Gasteiger partial charge in [0.2, 0.25) is 11.8 Å². The number of thiophene rings is 1. The Morgan fingerprint density at radius 2 is 2.17 bits per heavy atom. The number of aromatic nitrogens is 4. The van der Waals surface area contributed by atoms with Crippen LogP contribution < -0.4 is 16.6 Å². The van der Waals surface area contributed by atoms with E-state index in [4.69, 9.17) is 5.73 Å². The van der Waals surface area contributed by atoms with Gasteiger partial charge in [-0.25, -0.2) is 4.98 Å². The molecular formula is C14H14N6O3S. The molecule has 0 unspecified atom stereocenters. The third-order valence-corrected chi connectivity index (χ3v) is 4.08. The number of primary amides is 1. The van der Waals surface area contributed by atoms with Crippen molar-refractivity contribution >= 4 is 39.2 Å². The Balaban J connectivity index is 1.65. The van der Waals surface area contributed by atoms with Gasteiger partial charge in [-0.05, 0) is 11.4 Å². The van der Waals surface area contributed by atoms with E-state index < -0.39 is 11.8 Å². The molecule has 2 amide bonds. The second kappa shape index (κ2) is 6.62. The molecule has 0 spiro atoms. The van der Waals surface area contributed by atoms with Gasteiger partial charge in [0.15, 0.2) is 5.82 Å². The van der Waals surface area contributed by atoms with Crippen LogP contribution in [0.2, 0.25) is 0 Å². The first-order chi connectivity index (χ1) is 11.5. The minimum atomic E-state index is -0.424. The molecule has 0 radical (unpaired) electrons. The molecule has 0 aliphatic rings. The van der Waals surface area contributed by atoms with Crippen molar-refractivity contribution in [3.63, 3.8) is 0 Å². The van der Waals surface area contributed by atoms with Gasteiger partial charge in [-0.2, -0.15) is 5.10 Å². The minimum Gasteiger partial charge on any atom is -0.370 e. The van der Waals surface area contributed by atoms with E-state index in [1.165, 1.54) is 26.9 Å². The van der Waals surface area contributed by atoms with E-state index in [9.17, 15) is 14.4 Å². The number of carbonyl (C=O) groups excluding carboxylic acids is 2. The lowest BCUT2D eigenvalue weighted by atomic mass is 10.4. The van der Waals surface area contributed by atoms with Gasteiger partial charge < -0.3 is 11.1 Å². The second-order valence-electron chi connectivity index (χ2n) is 5.05. The van der Waals surface area contributed by atoms with Gasteiger partial charge in [0, 0.05) is 25.2 Å². The number of anilines is 1. The second-order valence-corrected chi connectivity index (χ2v) is 5.94. The van der Waals surface area contributed by atoms with Crippen LogP contribution in [0, 0.1) is 0 Å². The van der Waals surface area contributed by atoms with Crippen molar-refractivity contribution in [3.05, 3.63) is 40.4 Å². The fourth-order valence-electron chi connectivity index (χ4n) is 2.12. The number of nitrogens with two attached hydrogens (primary N) is 1. The molecule has 3 N–H and O–H groups in total. The maximum Gasteiger partial charge on any atom is 0.262 e. The summed E-state index contributed by atoms with van der Waals surface area (Å²) in [5.74, 6) is -0.484. The van der Waals surface area contributed by atoms with Crippen molar-refractivity contribution in [2.24, 2.45) is 5.73 Å². The first kappa shape index (κ1) is 15.9. The highest BCUT2D eigenvalue weighted by Gasteiger charge is 2.10. The number of nitrogens with zero attached hydrogens (tertiary/aromatic N) is 4. The van der Waals surface area contributed by atoms with Gasteiger partial charge in [-0.3, -0.25) is 23.6 Å². The number of hydrogen-bond donors (Lipinski definition) is 2. The molecule has 0 aliphatic carbocycles. The third kappa shape index (κ3) is 3.49. The molecule has 24 heavy (non-hydrogen) atoms. The van der Waals surface area contributed by atoms with Gasteiger partial charge >= 0.3 is 0 Å². The highest BCUT2D eigenvalue weighted by molar-refractivity contribution is 7.16. The van der Waals surface area contributed by atoms with E-state index in [0.29, 0.717) is 22.6 Å². The summed E-state index contributed by atoms with van der Waals surface area (Å²) in [4.78, 5) is 39.8. The standard InChI is InChI=1S/C14H14N6O3S/c15-10(21)1-4-20-5-2-11(18-20)17-12(22)7-19-8-16-13-9(14(19)23)3-6-24-13/h2-3,5-6,8H,1,4,7H2,(H2,15,21)(H,17,18,22). The Morgan fingerprint density at radius 3 is 2.96 bits per heavy atom. The van der Waals surface area contributed by atoms with Crippen molar-refractivity contribution in [1.29, 1.82) is 0 Å². The number of nitrogens with one attached hydrogen (secondary N) is 1. The molecule has 0 aromatic carbocycles. The number of amides is 2. The average molecular weight is 346 g/mol. The topological polar surface area (TPSA) is 125 Å². The molecular weight excluding hydrogens is 332 g/mol. The molecule has 3 heterocycles. The third-order valence-electron chi connectivity index (χ3n) is 3.26. The summed E-state index contributed by atoms with van der Waals surface area (Å²) in [7, 11) is 0. The molecule has 3 aromatic heterocycles. The lowest BCUT2D eigenvalue weighted by Gasteiger charge is -2.05. The lowest BCUT2D eigenvalue weighted by Crippen LogP contribution is -2.27. The quantitative estimate of drug-likeness (QED) is 0.658. The summed E-state index contributed by atoms with van der Waals surface area (Å²) >= 11 is 1.37. The Labute approximate surface area is 139 Å². The maximum absolute atomic E-state index is 12.2. The summed E-state index contributed by atoms with van der Waals surface area (Å²) in [6.45, 7) is 0.176. The summed E-state index contributed by atoms with van der Waals surface area (Å²) < 4.78 is 2.75. The lowest BCUT2D eigenvalue weighted by molar-refractivity contribution is -0.118. The van der Waals surface area contributed by atoms with E-state index in [0.717, 1.165) is 0 Å². The largest absolute Gasteiger partial charge is 0.370 e. The molecule has 0 saturated heterocycles. The van der Waals surface area contributed by atoms with E-state index in [2.05, 4.69) is 15.4 Å². The maximum atomic E-state index is 12.2. The zero-order valence-corrected chi connectivity index (χ0v) is 13.3. The van der Waals surface area contributed by atoms with Crippen LogP contribution in [0.15, 0.2) is 34.8 Å². The van der Waals surface area contributed by atoms with Gasteiger partial charge in [0.1, 0.15) is 11.4 Å². The molecule has 3 aromatic rings. The summed E-state index contributed by atoms with van der Waals surface area (Å²) in [5.41, 5.74) is 4.81.